The fourth-order valence-corrected chi connectivity index (χ4v) is 2.43. The van der Waals surface area contributed by atoms with Gasteiger partial charge in [0.05, 0.1) is 10.0 Å². The summed E-state index contributed by atoms with van der Waals surface area (Å²) < 4.78 is 0. The van der Waals surface area contributed by atoms with Gasteiger partial charge in [0.15, 0.2) is 5.96 Å². The van der Waals surface area contributed by atoms with E-state index < -0.39 is 0 Å². The lowest BCUT2D eigenvalue weighted by atomic mass is 10.2. The van der Waals surface area contributed by atoms with Gasteiger partial charge in [0, 0.05) is 39.6 Å². The molecule has 1 unspecified atom stereocenters. The number of nitrogens with one attached hydrogen (secondary N) is 2. The summed E-state index contributed by atoms with van der Waals surface area (Å²) >= 11 is 12.0. The lowest BCUT2D eigenvalue weighted by molar-refractivity contribution is -0.121. The average molecular weight is 373 g/mol. The Balaban J connectivity index is 2.48. The predicted molar refractivity (Wildman–Crippen MR) is 102 cm³/mol. The van der Waals surface area contributed by atoms with Gasteiger partial charge >= 0.3 is 0 Å². The fraction of sp³-hybridized carbons (Fsp3) is 0.529. The van der Waals surface area contributed by atoms with Crippen LogP contribution in [0.4, 0.5) is 0 Å². The number of guanidine groups is 1. The quantitative estimate of drug-likeness (QED) is 0.570. The molecule has 1 aromatic rings. The summed E-state index contributed by atoms with van der Waals surface area (Å²) in [7, 11) is 3.64. The zero-order valence-electron chi connectivity index (χ0n) is 14.7. The summed E-state index contributed by atoms with van der Waals surface area (Å²) in [5.74, 6) is 0.761. The average Bonchev–Trinajstić information content (AvgIpc) is 2.54. The second kappa shape index (κ2) is 10.4. The molecule has 2 N–H and O–H groups in total. The molecule has 0 fully saturated rings. The predicted octanol–water partition coefficient (Wildman–Crippen LogP) is 3.31. The van der Waals surface area contributed by atoms with E-state index in [0.29, 0.717) is 29.6 Å². The van der Waals surface area contributed by atoms with Crippen molar-refractivity contribution in [1.82, 2.24) is 15.5 Å². The third-order valence-corrected chi connectivity index (χ3v) is 4.37. The Bertz CT molecular complexity index is 578. The molecule has 1 amide bonds. The normalized spacial score (nSPS) is 12.7. The van der Waals surface area contributed by atoms with Crippen molar-refractivity contribution in [2.45, 2.75) is 39.3 Å². The summed E-state index contributed by atoms with van der Waals surface area (Å²) in [6.07, 6.45) is 1.33. The van der Waals surface area contributed by atoms with Gasteiger partial charge in [0.1, 0.15) is 0 Å². The van der Waals surface area contributed by atoms with E-state index in [9.17, 15) is 4.79 Å². The molecule has 0 bridgehead atoms. The molecule has 0 heterocycles. The van der Waals surface area contributed by atoms with Crippen molar-refractivity contribution in [3.8, 4) is 0 Å². The summed E-state index contributed by atoms with van der Waals surface area (Å²) in [5.41, 5.74) is 1.03. The van der Waals surface area contributed by atoms with Crippen LogP contribution < -0.4 is 10.6 Å². The molecule has 24 heavy (non-hydrogen) atoms. The number of carbonyl (C=O) groups excluding carboxylic acids is 1. The highest BCUT2D eigenvalue weighted by atomic mass is 35.5. The first-order chi connectivity index (χ1) is 11.4. The molecular weight excluding hydrogens is 347 g/mol. The molecular formula is C17H26Cl2N4O. The van der Waals surface area contributed by atoms with Gasteiger partial charge in [-0.2, -0.15) is 0 Å². The monoisotopic (exact) mass is 372 g/mol. The summed E-state index contributed by atoms with van der Waals surface area (Å²) in [6, 6.07) is 5.75. The van der Waals surface area contributed by atoms with Crippen molar-refractivity contribution in [3.63, 3.8) is 0 Å². The molecule has 5 nitrogen and oxygen atoms in total. The van der Waals surface area contributed by atoms with Crippen molar-refractivity contribution in [3.05, 3.63) is 33.8 Å². The fourth-order valence-electron chi connectivity index (χ4n) is 2.11. The van der Waals surface area contributed by atoms with Gasteiger partial charge in [0.25, 0.3) is 0 Å². The number of benzene rings is 1. The zero-order chi connectivity index (χ0) is 18.1. The van der Waals surface area contributed by atoms with Crippen molar-refractivity contribution in [2.24, 2.45) is 4.99 Å². The summed E-state index contributed by atoms with van der Waals surface area (Å²) in [4.78, 5) is 18.0. The Hall–Kier alpha value is -1.46. The van der Waals surface area contributed by atoms with Crippen molar-refractivity contribution >= 4 is 35.1 Å². The molecule has 0 aromatic heterocycles. The van der Waals surface area contributed by atoms with Crippen LogP contribution in [-0.4, -0.2) is 43.4 Å². The molecule has 0 aliphatic carbocycles. The third kappa shape index (κ3) is 6.97. The molecule has 7 heteroatoms. The van der Waals surface area contributed by atoms with Crippen LogP contribution in [0.15, 0.2) is 23.2 Å². The molecule has 0 spiro atoms. The standard InChI is InChI=1S/C17H26Cl2N4O/c1-5-12(2)22-16(24)8-9-21-17(20-3)23(4)11-13-6-7-14(18)15(19)10-13/h6-7,10,12H,5,8-9,11H2,1-4H3,(H,20,21)(H,22,24). The molecule has 0 saturated heterocycles. The number of aliphatic imine (C=N–C) groups is 1. The van der Waals surface area contributed by atoms with E-state index in [2.05, 4.69) is 15.6 Å². The highest BCUT2D eigenvalue weighted by Crippen LogP contribution is 2.23. The SMILES string of the molecule is CCC(C)NC(=O)CCNC(=NC)N(C)Cc1ccc(Cl)c(Cl)c1. The number of carbonyl (C=O) groups is 1. The summed E-state index contributed by atoms with van der Waals surface area (Å²) in [5, 5.41) is 7.21. The number of nitrogens with zero attached hydrogens (tertiary/aromatic N) is 2. The lowest BCUT2D eigenvalue weighted by Gasteiger charge is -2.22. The maximum Gasteiger partial charge on any atom is 0.221 e. The zero-order valence-corrected chi connectivity index (χ0v) is 16.2. The van der Waals surface area contributed by atoms with E-state index in [1.54, 1.807) is 13.1 Å². The van der Waals surface area contributed by atoms with Gasteiger partial charge in [-0.3, -0.25) is 9.79 Å². The van der Waals surface area contributed by atoms with Gasteiger partial charge in [-0.25, -0.2) is 0 Å². The molecule has 0 aliphatic heterocycles. The van der Waals surface area contributed by atoms with Crippen LogP contribution >= 0.6 is 23.2 Å². The number of halogens is 2. The van der Waals surface area contributed by atoms with Gasteiger partial charge in [-0.05, 0) is 31.0 Å². The lowest BCUT2D eigenvalue weighted by Crippen LogP contribution is -2.41. The Labute approximate surface area is 154 Å². The maximum absolute atomic E-state index is 11.8. The number of hydrogen-bond donors (Lipinski definition) is 2. The Kier molecular flexibility index (Phi) is 8.93. The minimum Gasteiger partial charge on any atom is -0.356 e. The first kappa shape index (κ1) is 20.6. The van der Waals surface area contributed by atoms with E-state index in [4.69, 9.17) is 23.2 Å². The minimum absolute atomic E-state index is 0.0411. The Morgan fingerprint density at radius 1 is 1.33 bits per heavy atom. The van der Waals surface area contributed by atoms with Crippen molar-refractivity contribution in [1.29, 1.82) is 0 Å². The van der Waals surface area contributed by atoms with Crippen LogP contribution in [0.3, 0.4) is 0 Å². The number of rotatable bonds is 7. The molecule has 0 aliphatic rings. The molecule has 0 saturated carbocycles. The van der Waals surface area contributed by atoms with Crippen LogP contribution in [0.25, 0.3) is 0 Å². The van der Waals surface area contributed by atoms with Gasteiger partial charge < -0.3 is 15.5 Å². The van der Waals surface area contributed by atoms with E-state index in [-0.39, 0.29) is 11.9 Å². The highest BCUT2D eigenvalue weighted by molar-refractivity contribution is 6.42. The molecule has 1 atom stereocenters. The van der Waals surface area contributed by atoms with Crippen LogP contribution in [0.5, 0.6) is 0 Å². The summed E-state index contributed by atoms with van der Waals surface area (Å²) in [6.45, 7) is 5.20. The van der Waals surface area contributed by atoms with Gasteiger partial charge in [-0.15, -0.1) is 0 Å². The maximum atomic E-state index is 11.8. The first-order valence-electron chi connectivity index (χ1n) is 8.02. The van der Waals surface area contributed by atoms with Crippen LogP contribution in [0, 0.1) is 0 Å². The van der Waals surface area contributed by atoms with Gasteiger partial charge in [0.2, 0.25) is 5.91 Å². The van der Waals surface area contributed by atoms with Crippen molar-refractivity contribution < 1.29 is 4.79 Å². The largest absolute Gasteiger partial charge is 0.356 e. The van der Waals surface area contributed by atoms with E-state index in [1.807, 2.05) is 37.9 Å². The highest BCUT2D eigenvalue weighted by Gasteiger charge is 2.09. The number of amides is 1. The molecule has 1 aromatic carbocycles. The minimum atomic E-state index is 0.0411. The second-order valence-electron chi connectivity index (χ2n) is 5.71. The van der Waals surface area contributed by atoms with Crippen LogP contribution in [0.2, 0.25) is 10.0 Å². The Morgan fingerprint density at radius 2 is 2.04 bits per heavy atom. The van der Waals surface area contributed by atoms with Crippen LogP contribution in [-0.2, 0) is 11.3 Å². The smallest absolute Gasteiger partial charge is 0.221 e. The molecule has 134 valence electrons. The molecule has 0 radical (unpaired) electrons. The van der Waals surface area contributed by atoms with Gasteiger partial charge in [-0.1, -0.05) is 36.2 Å². The topological polar surface area (TPSA) is 56.7 Å². The van der Waals surface area contributed by atoms with E-state index in [1.165, 1.54) is 0 Å². The Morgan fingerprint density at radius 3 is 2.62 bits per heavy atom. The van der Waals surface area contributed by atoms with E-state index >= 15 is 0 Å². The number of hydrogen-bond acceptors (Lipinski definition) is 2. The first-order valence-corrected chi connectivity index (χ1v) is 8.78. The second-order valence-corrected chi connectivity index (χ2v) is 6.52. The van der Waals surface area contributed by atoms with Crippen LogP contribution in [0.1, 0.15) is 32.3 Å². The third-order valence-electron chi connectivity index (χ3n) is 3.63. The van der Waals surface area contributed by atoms with E-state index in [0.717, 1.165) is 17.9 Å². The van der Waals surface area contributed by atoms with Crippen molar-refractivity contribution in [2.75, 3.05) is 20.6 Å². The molecule has 1 rings (SSSR count).